The van der Waals surface area contributed by atoms with E-state index in [0.29, 0.717) is 16.5 Å². The van der Waals surface area contributed by atoms with Crippen molar-refractivity contribution in [1.82, 2.24) is 4.98 Å². The molecule has 2 unspecified atom stereocenters. The Kier molecular flexibility index (Phi) is 3.14. The number of hydrogen-bond donors (Lipinski definition) is 4. The van der Waals surface area contributed by atoms with E-state index in [2.05, 4.69) is 4.98 Å². The van der Waals surface area contributed by atoms with Gasteiger partial charge in [-0.1, -0.05) is 6.07 Å². The Labute approximate surface area is 102 Å². The van der Waals surface area contributed by atoms with Gasteiger partial charge in [-0.3, -0.25) is 9.59 Å². The standard InChI is InChI=1S/C12H12N2O4/c13-12(18)11(17)10(16)6-1-2-7-8(5-6)14-4-3-9(7)15/h1-5,10-11,16-17H,(H2,13,18)(H,14,15). The first-order valence-electron chi connectivity index (χ1n) is 5.27. The van der Waals surface area contributed by atoms with Crippen LogP contribution in [0, 0.1) is 0 Å². The van der Waals surface area contributed by atoms with E-state index in [-0.39, 0.29) is 5.43 Å². The normalized spacial score (nSPS) is 14.3. The van der Waals surface area contributed by atoms with E-state index in [1.807, 2.05) is 0 Å². The Bertz CT molecular complexity index is 650. The van der Waals surface area contributed by atoms with Gasteiger partial charge in [-0.2, -0.15) is 0 Å². The van der Waals surface area contributed by atoms with Crippen LogP contribution in [-0.4, -0.2) is 27.2 Å². The molecule has 0 radical (unpaired) electrons. The lowest BCUT2D eigenvalue weighted by Gasteiger charge is -2.15. The largest absolute Gasteiger partial charge is 0.385 e. The maximum atomic E-state index is 11.5. The average Bonchev–Trinajstić information content (AvgIpc) is 2.36. The molecule has 6 heteroatoms. The topological polar surface area (TPSA) is 116 Å². The van der Waals surface area contributed by atoms with Gasteiger partial charge in [0.2, 0.25) is 5.91 Å². The van der Waals surface area contributed by atoms with Crippen LogP contribution in [-0.2, 0) is 4.79 Å². The van der Waals surface area contributed by atoms with Crippen molar-refractivity contribution in [1.29, 1.82) is 0 Å². The van der Waals surface area contributed by atoms with Crippen molar-refractivity contribution in [3.63, 3.8) is 0 Å². The van der Waals surface area contributed by atoms with Crippen LogP contribution < -0.4 is 11.2 Å². The fourth-order valence-corrected chi connectivity index (χ4v) is 1.71. The highest BCUT2D eigenvalue weighted by Crippen LogP contribution is 2.19. The number of pyridine rings is 1. The molecule has 18 heavy (non-hydrogen) atoms. The number of carbonyl (C=O) groups is 1. The monoisotopic (exact) mass is 248 g/mol. The second-order valence-corrected chi connectivity index (χ2v) is 3.94. The van der Waals surface area contributed by atoms with Crippen molar-refractivity contribution in [3.8, 4) is 0 Å². The fraction of sp³-hybridized carbons (Fsp3) is 0.167. The third-order valence-electron chi connectivity index (χ3n) is 2.71. The number of hydrogen-bond acceptors (Lipinski definition) is 4. The molecule has 0 aliphatic carbocycles. The summed E-state index contributed by atoms with van der Waals surface area (Å²) < 4.78 is 0. The molecule has 0 aliphatic rings. The lowest BCUT2D eigenvalue weighted by atomic mass is 10.0. The second-order valence-electron chi connectivity index (χ2n) is 3.94. The Hall–Kier alpha value is -2.18. The van der Waals surface area contributed by atoms with Gasteiger partial charge in [-0.05, 0) is 17.7 Å². The van der Waals surface area contributed by atoms with Crippen molar-refractivity contribution < 1.29 is 15.0 Å². The van der Waals surface area contributed by atoms with E-state index in [1.165, 1.54) is 30.5 Å². The van der Waals surface area contributed by atoms with Crippen LogP contribution in [0.4, 0.5) is 0 Å². The molecule has 0 spiro atoms. The first-order chi connectivity index (χ1) is 8.50. The summed E-state index contributed by atoms with van der Waals surface area (Å²) in [6, 6.07) is 5.86. The van der Waals surface area contributed by atoms with Gasteiger partial charge in [0, 0.05) is 23.2 Å². The zero-order valence-electron chi connectivity index (χ0n) is 9.33. The van der Waals surface area contributed by atoms with E-state index >= 15 is 0 Å². The Morgan fingerprint density at radius 3 is 2.67 bits per heavy atom. The summed E-state index contributed by atoms with van der Waals surface area (Å²) in [5, 5.41) is 19.6. The van der Waals surface area contributed by atoms with Gasteiger partial charge in [-0.25, -0.2) is 0 Å². The van der Waals surface area contributed by atoms with E-state index in [0.717, 1.165) is 0 Å². The lowest BCUT2D eigenvalue weighted by molar-refractivity contribution is -0.131. The highest BCUT2D eigenvalue weighted by Gasteiger charge is 2.23. The van der Waals surface area contributed by atoms with Crippen LogP contribution in [0.15, 0.2) is 35.3 Å². The number of rotatable bonds is 3. The number of aromatic nitrogens is 1. The molecule has 0 saturated heterocycles. The zero-order valence-corrected chi connectivity index (χ0v) is 9.33. The smallest absolute Gasteiger partial charge is 0.249 e. The Morgan fingerprint density at radius 2 is 2.00 bits per heavy atom. The molecule has 94 valence electrons. The quantitative estimate of drug-likeness (QED) is 0.580. The summed E-state index contributed by atoms with van der Waals surface area (Å²) in [7, 11) is 0. The van der Waals surface area contributed by atoms with Gasteiger partial charge in [0.25, 0.3) is 0 Å². The third-order valence-corrected chi connectivity index (χ3v) is 2.71. The summed E-state index contributed by atoms with van der Waals surface area (Å²) >= 11 is 0. The Balaban J connectivity index is 2.48. The molecule has 0 saturated carbocycles. The first kappa shape index (κ1) is 12.3. The zero-order chi connectivity index (χ0) is 13.3. The number of H-pyrrole nitrogens is 1. The van der Waals surface area contributed by atoms with Gasteiger partial charge in [-0.15, -0.1) is 0 Å². The van der Waals surface area contributed by atoms with Crippen molar-refractivity contribution in [3.05, 3.63) is 46.2 Å². The number of amides is 1. The number of aliphatic hydroxyl groups is 2. The number of aliphatic hydroxyl groups excluding tert-OH is 2. The SMILES string of the molecule is NC(=O)C(O)C(O)c1ccc2c(=O)cc[nH]c2c1. The van der Waals surface area contributed by atoms with E-state index in [4.69, 9.17) is 5.73 Å². The molecule has 1 aromatic heterocycles. The minimum atomic E-state index is -1.68. The van der Waals surface area contributed by atoms with Crippen LogP contribution in [0.25, 0.3) is 10.9 Å². The molecule has 2 aromatic rings. The molecular weight excluding hydrogens is 236 g/mol. The van der Waals surface area contributed by atoms with Gasteiger partial charge < -0.3 is 20.9 Å². The number of primary amides is 1. The molecule has 1 heterocycles. The van der Waals surface area contributed by atoms with E-state index in [1.54, 1.807) is 0 Å². The molecule has 0 bridgehead atoms. The third kappa shape index (κ3) is 2.11. The fourth-order valence-electron chi connectivity index (χ4n) is 1.71. The summed E-state index contributed by atoms with van der Waals surface area (Å²) in [5.41, 5.74) is 5.56. The van der Waals surface area contributed by atoms with Crippen LogP contribution in [0.5, 0.6) is 0 Å². The molecule has 2 atom stereocenters. The molecule has 1 aromatic carbocycles. The number of benzene rings is 1. The van der Waals surface area contributed by atoms with Crippen LogP contribution >= 0.6 is 0 Å². The summed E-state index contributed by atoms with van der Waals surface area (Å²) in [5.74, 6) is -1.01. The summed E-state index contributed by atoms with van der Waals surface area (Å²) in [6.45, 7) is 0. The molecular formula is C12H12N2O4. The number of nitrogens with two attached hydrogens (primary N) is 1. The van der Waals surface area contributed by atoms with Crippen LogP contribution in [0.3, 0.4) is 0 Å². The molecule has 0 aliphatic heterocycles. The number of aromatic amines is 1. The molecule has 6 nitrogen and oxygen atoms in total. The van der Waals surface area contributed by atoms with E-state index in [9.17, 15) is 19.8 Å². The summed E-state index contributed by atoms with van der Waals surface area (Å²) in [4.78, 5) is 25.1. The second kappa shape index (κ2) is 4.59. The molecule has 5 N–H and O–H groups in total. The van der Waals surface area contributed by atoms with Crippen LogP contribution in [0.1, 0.15) is 11.7 Å². The Morgan fingerprint density at radius 1 is 1.28 bits per heavy atom. The maximum Gasteiger partial charge on any atom is 0.249 e. The highest BCUT2D eigenvalue weighted by molar-refractivity contribution is 5.81. The minimum absolute atomic E-state index is 0.153. The highest BCUT2D eigenvalue weighted by atomic mass is 16.3. The van der Waals surface area contributed by atoms with Gasteiger partial charge in [0.1, 0.15) is 6.10 Å². The lowest BCUT2D eigenvalue weighted by Crippen LogP contribution is -2.33. The van der Waals surface area contributed by atoms with Crippen LogP contribution in [0.2, 0.25) is 0 Å². The number of nitrogens with one attached hydrogen (secondary N) is 1. The average molecular weight is 248 g/mol. The van der Waals surface area contributed by atoms with Crippen molar-refractivity contribution in [2.75, 3.05) is 0 Å². The predicted octanol–water partition coefficient (Wildman–Crippen LogP) is -0.592. The van der Waals surface area contributed by atoms with Crippen molar-refractivity contribution in [2.45, 2.75) is 12.2 Å². The molecule has 0 fully saturated rings. The minimum Gasteiger partial charge on any atom is -0.385 e. The first-order valence-corrected chi connectivity index (χ1v) is 5.27. The number of fused-ring (bicyclic) bond motifs is 1. The van der Waals surface area contributed by atoms with Gasteiger partial charge in [0.05, 0.1) is 0 Å². The molecule has 2 rings (SSSR count). The van der Waals surface area contributed by atoms with Crippen molar-refractivity contribution in [2.24, 2.45) is 5.73 Å². The number of carbonyl (C=O) groups excluding carboxylic acids is 1. The maximum absolute atomic E-state index is 11.5. The van der Waals surface area contributed by atoms with Crippen molar-refractivity contribution >= 4 is 16.8 Å². The molecule has 1 amide bonds. The van der Waals surface area contributed by atoms with Gasteiger partial charge in [0.15, 0.2) is 11.5 Å². The summed E-state index contributed by atoms with van der Waals surface area (Å²) in [6.07, 6.45) is -1.63. The predicted molar refractivity (Wildman–Crippen MR) is 64.7 cm³/mol. The van der Waals surface area contributed by atoms with Gasteiger partial charge >= 0.3 is 0 Å². The van der Waals surface area contributed by atoms with E-state index < -0.39 is 18.1 Å².